The fourth-order valence-corrected chi connectivity index (χ4v) is 2.33. The number of hydrogen-bond donors (Lipinski definition) is 4. The van der Waals surface area contributed by atoms with Gasteiger partial charge < -0.3 is 5.11 Å². The third kappa shape index (κ3) is 3.90. The van der Waals surface area contributed by atoms with Crippen molar-refractivity contribution in [3.05, 3.63) is 96.7 Å². The summed E-state index contributed by atoms with van der Waals surface area (Å²) in [5.41, 5.74) is 1.71. The topological polar surface area (TPSA) is 153 Å². The summed E-state index contributed by atoms with van der Waals surface area (Å²) in [5.74, 6) is -0.628. The summed E-state index contributed by atoms with van der Waals surface area (Å²) in [6, 6.07) is 14.0. The van der Waals surface area contributed by atoms with Crippen LogP contribution in [0.25, 0.3) is 0 Å². The van der Waals surface area contributed by atoms with Crippen LogP contribution in [0, 0.1) is 10.1 Å². The monoisotopic (exact) mass is 367 g/mol. The Morgan fingerprint density at radius 1 is 1.04 bits per heavy atom. The number of hydrazone groups is 1. The van der Waals surface area contributed by atoms with Crippen LogP contribution in [0.2, 0.25) is 0 Å². The molecule has 0 saturated heterocycles. The molecule has 3 rings (SSSR count). The van der Waals surface area contributed by atoms with Gasteiger partial charge in [-0.2, -0.15) is 5.10 Å². The number of nitro benzene ring substituents is 1. The molecule has 4 N–H and O–H groups in total. The first-order chi connectivity index (χ1) is 13.0. The van der Waals surface area contributed by atoms with Gasteiger partial charge in [-0.1, -0.05) is 30.3 Å². The maximum atomic E-state index is 12.2. The van der Waals surface area contributed by atoms with Crippen LogP contribution in [0.15, 0.2) is 69.3 Å². The van der Waals surface area contributed by atoms with Crippen molar-refractivity contribution in [2.24, 2.45) is 5.10 Å². The molecule has 0 aliphatic carbocycles. The lowest BCUT2D eigenvalue weighted by Crippen LogP contribution is -2.28. The third-order valence-electron chi connectivity index (χ3n) is 3.58. The van der Waals surface area contributed by atoms with E-state index in [0.29, 0.717) is 11.3 Å². The van der Waals surface area contributed by atoms with Gasteiger partial charge in [-0.15, -0.1) is 0 Å². The van der Waals surface area contributed by atoms with E-state index in [1.54, 1.807) is 30.3 Å². The van der Waals surface area contributed by atoms with Gasteiger partial charge >= 0.3 is 5.69 Å². The van der Waals surface area contributed by atoms with Crippen molar-refractivity contribution in [3.8, 4) is 5.88 Å². The lowest BCUT2D eigenvalue weighted by molar-refractivity contribution is -0.384. The van der Waals surface area contributed by atoms with E-state index in [1.165, 1.54) is 24.3 Å². The van der Waals surface area contributed by atoms with E-state index in [9.17, 15) is 24.8 Å². The molecule has 0 bridgehead atoms. The first kappa shape index (κ1) is 17.6. The van der Waals surface area contributed by atoms with E-state index < -0.39 is 22.1 Å². The van der Waals surface area contributed by atoms with E-state index in [1.807, 2.05) is 4.98 Å². The van der Waals surface area contributed by atoms with E-state index in [2.05, 4.69) is 15.5 Å². The number of aromatic hydroxyl groups is 1. The molecule has 0 amide bonds. The molecule has 0 aliphatic heterocycles. The summed E-state index contributed by atoms with van der Waals surface area (Å²) in [6.45, 7) is 0. The second-order valence-corrected chi connectivity index (χ2v) is 5.37. The number of aromatic nitrogens is 2. The van der Waals surface area contributed by atoms with Crippen LogP contribution in [0.5, 0.6) is 5.88 Å². The zero-order chi connectivity index (χ0) is 19.4. The molecule has 0 unspecified atom stereocenters. The average molecular weight is 367 g/mol. The second-order valence-electron chi connectivity index (χ2n) is 5.37. The number of aromatic amines is 2. The Labute approximate surface area is 151 Å². The lowest BCUT2D eigenvalue weighted by atomic mass is 10.0. The molecule has 2 aromatic carbocycles. The Morgan fingerprint density at radius 2 is 1.70 bits per heavy atom. The van der Waals surface area contributed by atoms with Crippen LogP contribution in [0.1, 0.15) is 11.1 Å². The number of H-pyrrole nitrogens is 2. The van der Waals surface area contributed by atoms with Crippen LogP contribution in [0.4, 0.5) is 11.4 Å². The third-order valence-corrected chi connectivity index (χ3v) is 3.58. The number of nitrogens with one attached hydrogen (secondary N) is 3. The SMILES string of the molecule is O=c1[nH]c(O)c(/C(=N/Nc2ccc([N+](=O)[O-])cc2)c2ccccc2)c(=O)[nH]1. The quantitative estimate of drug-likeness (QED) is 0.305. The number of benzene rings is 2. The maximum absolute atomic E-state index is 12.2. The Hall–Kier alpha value is -4.21. The number of rotatable bonds is 5. The molecule has 0 atom stereocenters. The van der Waals surface area contributed by atoms with Gasteiger partial charge in [0.1, 0.15) is 11.3 Å². The highest BCUT2D eigenvalue weighted by Crippen LogP contribution is 2.17. The number of nitrogens with zero attached hydrogens (tertiary/aromatic N) is 2. The van der Waals surface area contributed by atoms with Gasteiger partial charge in [-0.25, -0.2) is 4.79 Å². The highest BCUT2D eigenvalue weighted by molar-refractivity contribution is 6.14. The van der Waals surface area contributed by atoms with E-state index in [0.717, 1.165) is 0 Å². The predicted octanol–water partition coefficient (Wildman–Crippen LogP) is 1.54. The molecular weight excluding hydrogens is 354 g/mol. The summed E-state index contributed by atoms with van der Waals surface area (Å²) >= 11 is 0. The molecule has 10 nitrogen and oxygen atoms in total. The van der Waals surface area contributed by atoms with Gasteiger partial charge in [0.15, 0.2) is 0 Å². The van der Waals surface area contributed by atoms with Crippen LogP contribution in [0.3, 0.4) is 0 Å². The zero-order valence-electron chi connectivity index (χ0n) is 13.7. The molecule has 3 aromatic rings. The molecule has 10 heteroatoms. The minimum Gasteiger partial charge on any atom is -0.494 e. The molecule has 0 fully saturated rings. The largest absolute Gasteiger partial charge is 0.494 e. The van der Waals surface area contributed by atoms with E-state index >= 15 is 0 Å². The van der Waals surface area contributed by atoms with Gasteiger partial charge in [0.2, 0.25) is 5.88 Å². The Balaban J connectivity index is 2.06. The van der Waals surface area contributed by atoms with Crippen molar-refractivity contribution in [2.45, 2.75) is 0 Å². The fourth-order valence-electron chi connectivity index (χ4n) is 2.33. The highest BCUT2D eigenvalue weighted by Gasteiger charge is 2.17. The summed E-state index contributed by atoms with van der Waals surface area (Å²) in [4.78, 5) is 37.8. The Morgan fingerprint density at radius 3 is 2.30 bits per heavy atom. The molecule has 0 radical (unpaired) electrons. The predicted molar refractivity (Wildman–Crippen MR) is 98.1 cm³/mol. The number of anilines is 1. The van der Waals surface area contributed by atoms with Crippen molar-refractivity contribution >= 4 is 17.1 Å². The minimum absolute atomic E-state index is 0.0731. The van der Waals surface area contributed by atoms with Crippen molar-refractivity contribution in [3.63, 3.8) is 0 Å². The van der Waals surface area contributed by atoms with Gasteiger partial charge in [0.25, 0.3) is 11.2 Å². The molecule has 136 valence electrons. The molecule has 27 heavy (non-hydrogen) atoms. The smallest absolute Gasteiger partial charge is 0.328 e. The van der Waals surface area contributed by atoms with Gasteiger partial charge in [-0.05, 0) is 12.1 Å². The van der Waals surface area contributed by atoms with Crippen molar-refractivity contribution in [2.75, 3.05) is 5.43 Å². The van der Waals surface area contributed by atoms with E-state index in [4.69, 9.17) is 0 Å². The minimum atomic E-state index is -0.850. The summed E-state index contributed by atoms with van der Waals surface area (Å²) < 4.78 is 0. The summed E-state index contributed by atoms with van der Waals surface area (Å²) in [7, 11) is 0. The Kier molecular flexibility index (Phi) is 4.79. The molecule has 0 aliphatic rings. The standard InChI is InChI=1S/C17H13N5O5/c23-15-13(16(24)19-17(25)18-15)14(10-4-2-1-3-5-10)21-20-11-6-8-12(9-7-11)22(26)27/h1-9,20H,(H3,18,19,23,24,25)/b21-14+. The van der Waals surface area contributed by atoms with Crippen LogP contribution in [-0.2, 0) is 0 Å². The molecule has 1 heterocycles. The van der Waals surface area contributed by atoms with Gasteiger partial charge in [0, 0.05) is 17.7 Å². The van der Waals surface area contributed by atoms with Crippen molar-refractivity contribution in [1.82, 2.24) is 9.97 Å². The fraction of sp³-hybridized carbons (Fsp3) is 0. The maximum Gasteiger partial charge on any atom is 0.328 e. The van der Waals surface area contributed by atoms with Crippen molar-refractivity contribution in [1.29, 1.82) is 0 Å². The molecule has 0 spiro atoms. The van der Waals surface area contributed by atoms with E-state index in [-0.39, 0.29) is 17.0 Å². The van der Waals surface area contributed by atoms with Gasteiger partial charge in [0.05, 0.1) is 10.6 Å². The molecule has 1 aromatic heterocycles. The van der Waals surface area contributed by atoms with Crippen molar-refractivity contribution < 1.29 is 10.0 Å². The summed E-state index contributed by atoms with van der Waals surface area (Å²) in [5, 5.41) is 24.9. The first-order valence-electron chi connectivity index (χ1n) is 7.65. The van der Waals surface area contributed by atoms with Gasteiger partial charge in [-0.3, -0.25) is 30.3 Å². The average Bonchev–Trinajstić information content (AvgIpc) is 2.64. The summed E-state index contributed by atoms with van der Waals surface area (Å²) in [6.07, 6.45) is 0. The molecule has 0 saturated carbocycles. The van der Waals surface area contributed by atoms with Crippen LogP contribution < -0.4 is 16.7 Å². The van der Waals surface area contributed by atoms with Crippen LogP contribution >= 0.6 is 0 Å². The first-order valence-corrected chi connectivity index (χ1v) is 7.65. The number of hydrogen-bond acceptors (Lipinski definition) is 7. The molecular formula is C17H13N5O5. The Bertz CT molecular complexity index is 1120. The second kappa shape index (κ2) is 7.35. The zero-order valence-corrected chi connectivity index (χ0v) is 13.7. The number of non-ortho nitro benzene ring substituents is 1. The normalized spacial score (nSPS) is 11.2. The highest BCUT2D eigenvalue weighted by atomic mass is 16.6. The van der Waals surface area contributed by atoms with Crippen LogP contribution in [-0.4, -0.2) is 25.7 Å². The lowest BCUT2D eigenvalue weighted by Gasteiger charge is -2.09. The number of nitro groups is 1.